The molecule has 1 unspecified atom stereocenters. The van der Waals surface area contributed by atoms with Crippen LogP contribution in [0.3, 0.4) is 0 Å². The maximum atomic E-state index is 2.48. The Morgan fingerprint density at radius 1 is 1.35 bits per heavy atom. The van der Waals surface area contributed by atoms with Crippen LogP contribution in [0.4, 0.5) is 0 Å². The van der Waals surface area contributed by atoms with Crippen LogP contribution >= 0.6 is 11.8 Å². The average Bonchev–Trinajstić information content (AvgIpc) is 2.40. The molecule has 0 saturated carbocycles. The van der Waals surface area contributed by atoms with Crippen molar-refractivity contribution in [3.05, 3.63) is 35.9 Å². The predicted molar refractivity (Wildman–Crippen MR) is 78.4 cm³/mol. The third kappa shape index (κ3) is 3.38. The van der Waals surface area contributed by atoms with E-state index < -0.39 is 0 Å². The van der Waals surface area contributed by atoms with Crippen LogP contribution in [-0.4, -0.2) is 6.26 Å². The van der Waals surface area contributed by atoms with Gasteiger partial charge in [0.2, 0.25) is 0 Å². The average molecular weight is 246 g/mol. The summed E-state index contributed by atoms with van der Waals surface area (Å²) in [5.74, 6) is 0.937. The lowest BCUT2D eigenvalue weighted by atomic mass is 9.84. The second-order valence-corrected chi connectivity index (χ2v) is 5.77. The molecule has 0 aliphatic heterocycles. The molecule has 0 aromatic heterocycles. The maximum Gasteiger partial charge on any atom is 0.00751 e. The summed E-state index contributed by atoms with van der Waals surface area (Å²) in [6.07, 6.45) is 11.3. The molecule has 0 saturated heterocycles. The van der Waals surface area contributed by atoms with Crippen LogP contribution < -0.4 is 0 Å². The molecule has 1 aromatic carbocycles. The van der Waals surface area contributed by atoms with Gasteiger partial charge < -0.3 is 0 Å². The van der Waals surface area contributed by atoms with Gasteiger partial charge in [-0.15, -0.1) is 11.8 Å². The summed E-state index contributed by atoms with van der Waals surface area (Å²) in [5.41, 5.74) is 3.00. The van der Waals surface area contributed by atoms with Gasteiger partial charge in [0.25, 0.3) is 0 Å². The van der Waals surface area contributed by atoms with E-state index in [-0.39, 0.29) is 0 Å². The van der Waals surface area contributed by atoms with Gasteiger partial charge in [-0.05, 0) is 54.7 Å². The highest BCUT2D eigenvalue weighted by Crippen LogP contribution is 2.33. The van der Waals surface area contributed by atoms with Crippen molar-refractivity contribution < 1.29 is 0 Å². The molecule has 0 nitrogen and oxygen atoms in total. The van der Waals surface area contributed by atoms with Gasteiger partial charge in [-0.25, -0.2) is 0 Å². The lowest BCUT2D eigenvalue weighted by Gasteiger charge is -2.21. The van der Waals surface area contributed by atoms with Crippen molar-refractivity contribution in [1.29, 1.82) is 0 Å². The lowest BCUT2D eigenvalue weighted by Crippen LogP contribution is -2.04. The largest absolute Gasteiger partial charge is 0.130 e. The third-order valence-electron chi connectivity index (χ3n) is 3.66. The first-order chi connectivity index (χ1) is 8.33. The molecule has 0 radical (unpaired) electrons. The fourth-order valence-electron chi connectivity index (χ4n) is 2.64. The van der Waals surface area contributed by atoms with Crippen molar-refractivity contribution in [3.8, 4) is 0 Å². The van der Waals surface area contributed by atoms with E-state index in [0.29, 0.717) is 0 Å². The summed E-state index contributed by atoms with van der Waals surface area (Å²) < 4.78 is 0. The molecule has 2 rings (SSSR count). The van der Waals surface area contributed by atoms with E-state index in [1.165, 1.54) is 42.6 Å². The smallest absolute Gasteiger partial charge is 0.00751 e. The summed E-state index contributed by atoms with van der Waals surface area (Å²) >= 11 is 1.83. The number of hydrogen-bond donors (Lipinski definition) is 0. The van der Waals surface area contributed by atoms with Crippen LogP contribution in [0.5, 0.6) is 0 Å². The maximum absolute atomic E-state index is 2.48. The summed E-state index contributed by atoms with van der Waals surface area (Å²) in [4.78, 5) is 1.37. The Hall–Kier alpha value is -0.690. The third-order valence-corrected chi connectivity index (χ3v) is 4.38. The highest BCUT2D eigenvalue weighted by molar-refractivity contribution is 7.98. The van der Waals surface area contributed by atoms with E-state index >= 15 is 0 Å². The normalized spacial score (nSPS) is 20.1. The Morgan fingerprint density at radius 3 is 2.88 bits per heavy atom. The highest BCUT2D eigenvalue weighted by atomic mass is 32.2. The molecule has 92 valence electrons. The monoisotopic (exact) mass is 246 g/mol. The number of thioether (sulfide) groups is 1. The summed E-state index contributed by atoms with van der Waals surface area (Å²) in [7, 11) is 0. The molecule has 17 heavy (non-hydrogen) atoms. The zero-order valence-electron chi connectivity index (χ0n) is 10.9. The minimum atomic E-state index is 0.937. The van der Waals surface area contributed by atoms with Crippen LogP contribution in [0.15, 0.2) is 35.2 Å². The zero-order chi connectivity index (χ0) is 12.1. The van der Waals surface area contributed by atoms with Crippen LogP contribution in [0.25, 0.3) is 5.57 Å². The van der Waals surface area contributed by atoms with E-state index in [1.54, 1.807) is 5.57 Å². The Labute approximate surface area is 110 Å². The van der Waals surface area contributed by atoms with Crippen LogP contribution in [0, 0.1) is 5.92 Å². The second kappa shape index (κ2) is 6.30. The Morgan fingerprint density at radius 2 is 2.24 bits per heavy atom. The molecule has 0 spiro atoms. The molecule has 1 aromatic rings. The zero-order valence-corrected chi connectivity index (χ0v) is 11.7. The van der Waals surface area contributed by atoms with Crippen LogP contribution in [0.1, 0.15) is 44.6 Å². The lowest BCUT2D eigenvalue weighted by molar-refractivity contribution is 0.445. The molecule has 1 heteroatoms. The standard InChI is InChI=1S/C16H22S/c1-3-5-13-8-10-14(11-9-13)15-6-4-7-16(12-15)17-2/h4,6-7,10,12-13H,3,5,8-9,11H2,1-2H3. The topological polar surface area (TPSA) is 0 Å². The highest BCUT2D eigenvalue weighted by Gasteiger charge is 2.14. The van der Waals surface area contributed by atoms with E-state index in [0.717, 1.165) is 5.92 Å². The van der Waals surface area contributed by atoms with Gasteiger partial charge in [-0.2, -0.15) is 0 Å². The van der Waals surface area contributed by atoms with E-state index in [1.807, 2.05) is 11.8 Å². The van der Waals surface area contributed by atoms with Crippen molar-refractivity contribution in [1.82, 2.24) is 0 Å². The van der Waals surface area contributed by atoms with Gasteiger partial charge in [0.05, 0.1) is 0 Å². The number of allylic oxidation sites excluding steroid dienone is 2. The van der Waals surface area contributed by atoms with Gasteiger partial charge >= 0.3 is 0 Å². The summed E-state index contributed by atoms with van der Waals surface area (Å²) in [6, 6.07) is 8.96. The first-order valence-corrected chi connectivity index (χ1v) is 7.89. The summed E-state index contributed by atoms with van der Waals surface area (Å²) in [6.45, 7) is 2.29. The predicted octanol–water partition coefficient (Wildman–Crippen LogP) is 5.39. The van der Waals surface area contributed by atoms with Gasteiger partial charge in [-0.1, -0.05) is 38.0 Å². The van der Waals surface area contributed by atoms with Crippen LogP contribution in [-0.2, 0) is 0 Å². The number of benzene rings is 1. The first-order valence-electron chi connectivity index (χ1n) is 6.67. The van der Waals surface area contributed by atoms with E-state index in [4.69, 9.17) is 0 Å². The van der Waals surface area contributed by atoms with Crippen molar-refractivity contribution in [2.75, 3.05) is 6.26 Å². The van der Waals surface area contributed by atoms with E-state index in [2.05, 4.69) is 43.5 Å². The molecule has 1 aliphatic carbocycles. The van der Waals surface area contributed by atoms with Crippen molar-refractivity contribution in [2.24, 2.45) is 5.92 Å². The number of hydrogen-bond acceptors (Lipinski definition) is 1. The molecular weight excluding hydrogens is 224 g/mol. The molecule has 1 aliphatic rings. The van der Waals surface area contributed by atoms with E-state index in [9.17, 15) is 0 Å². The minimum absolute atomic E-state index is 0.937. The quantitative estimate of drug-likeness (QED) is 0.642. The first kappa shape index (κ1) is 12.8. The minimum Gasteiger partial charge on any atom is -0.130 e. The van der Waals surface area contributed by atoms with Crippen molar-refractivity contribution in [2.45, 2.75) is 43.9 Å². The molecule has 0 bridgehead atoms. The molecule has 0 amide bonds. The Kier molecular flexibility index (Phi) is 4.73. The number of rotatable bonds is 4. The second-order valence-electron chi connectivity index (χ2n) is 4.89. The van der Waals surface area contributed by atoms with Gasteiger partial charge in [0.1, 0.15) is 0 Å². The van der Waals surface area contributed by atoms with Crippen molar-refractivity contribution in [3.63, 3.8) is 0 Å². The summed E-state index contributed by atoms with van der Waals surface area (Å²) in [5, 5.41) is 0. The Balaban J connectivity index is 2.08. The van der Waals surface area contributed by atoms with Crippen molar-refractivity contribution >= 4 is 17.3 Å². The Bertz CT molecular complexity index is 392. The fraction of sp³-hybridized carbons (Fsp3) is 0.500. The fourth-order valence-corrected chi connectivity index (χ4v) is 3.10. The molecule has 0 N–H and O–H groups in total. The van der Waals surface area contributed by atoms with Gasteiger partial charge in [0, 0.05) is 4.90 Å². The molecule has 0 heterocycles. The molecular formula is C16H22S. The molecule has 0 fully saturated rings. The van der Waals surface area contributed by atoms with Crippen LogP contribution in [0.2, 0.25) is 0 Å². The van der Waals surface area contributed by atoms with Gasteiger partial charge in [-0.3, -0.25) is 0 Å². The molecule has 1 atom stereocenters. The SMILES string of the molecule is CCCC1CC=C(c2cccc(SC)c2)CC1. The van der Waals surface area contributed by atoms with Gasteiger partial charge in [0.15, 0.2) is 0 Å².